The molecule has 0 fully saturated rings. The van der Waals surface area contributed by atoms with Crippen LogP contribution in [-0.2, 0) is 11.2 Å². The summed E-state index contributed by atoms with van der Waals surface area (Å²) in [7, 11) is 3.20. The van der Waals surface area contributed by atoms with E-state index >= 15 is 0 Å². The van der Waals surface area contributed by atoms with Crippen LogP contribution in [0.4, 0.5) is 5.69 Å². The zero-order chi connectivity index (χ0) is 17.7. The van der Waals surface area contributed by atoms with E-state index in [2.05, 4.69) is 5.32 Å². The number of hydrogen-bond acceptors (Lipinski definition) is 3. The summed E-state index contributed by atoms with van der Waals surface area (Å²) in [5.41, 5.74) is 2.62. The molecule has 1 atom stereocenters. The van der Waals surface area contributed by atoms with E-state index in [9.17, 15) is 4.79 Å². The third-order valence-electron chi connectivity index (χ3n) is 3.96. The molecule has 1 N–H and O–H groups in total. The maximum atomic E-state index is 12.4. The number of anilines is 1. The average Bonchev–Trinajstić information content (AvgIpc) is 2.58. The van der Waals surface area contributed by atoms with Gasteiger partial charge in [-0.25, -0.2) is 0 Å². The maximum Gasteiger partial charge on any atom is 0.227 e. The molecule has 128 valence electrons. The Morgan fingerprint density at radius 2 is 1.88 bits per heavy atom. The molecule has 5 heteroatoms. The van der Waals surface area contributed by atoms with Gasteiger partial charge < -0.3 is 14.8 Å². The van der Waals surface area contributed by atoms with E-state index in [1.807, 2.05) is 44.2 Å². The summed E-state index contributed by atoms with van der Waals surface area (Å²) in [6, 6.07) is 11.2. The standard InChI is InChI=1S/C19H22ClNO3/c1-12(10-14-8-9-17(23-3)18(11-14)24-4)19(22)21-16-7-5-6-15(20)13(16)2/h5-9,11-12H,10H2,1-4H3,(H,21,22). The van der Waals surface area contributed by atoms with E-state index in [0.717, 1.165) is 16.8 Å². The van der Waals surface area contributed by atoms with Gasteiger partial charge >= 0.3 is 0 Å². The quantitative estimate of drug-likeness (QED) is 0.837. The molecule has 0 aliphatic carbocycles. The van der Waals surface area contributed by atoms with Crippen molar-refractivity contribution in [3.05, 3.63) is 52.5 Å². The molecule has 1 unspecified atom stereocenters. The van der Waals surface area contributed by atoms with Gasteiger partial charge in [-0.15, -0.1) is 0 Å². The minimum atomic E-state index is -0.193. The highest BCUT2D eigenvalue weighted by Crippen LogP contribution is 2.29. The Morgan fingerprint density at radius 3 is 2.54 bits per heavy atom. The van der Waals surface area contributed by atoms with Crippen molar-refractivity contribution in [2.75, 3.05) is 19.5 Å². The average molecular weight is 348 g/mol. The largest absolute Gasteiger partial charge is 0.493 e. The van der Waals surface area contributed by atoms with Gasteiger partial charge in [-0.05, 0) is 48.7 Å². The second kappa shape index (κ2) is 8.06. The number of benzene rings is 2. The van der Waals surface area contributed by atoms with Gasteiger partial charge in [0.15, 0.2) is 11.5 Å². The molecule has 0 saturated carbocycles. The van der Waals surface area contributed by atoms with E-state index in [1.165, 1.54) is 0 Å². The monoisotopic (exact) mass is 347 g/mol. The molecule has 1 amide bonds. The molecule has 0 spiro atoms. The van der Waals surface area contributed by atoms with Gasteiger partial charge in [0.2, 0.25) is 5.91 Å². The Labute approximate surface area is 147 Å². The van der Waals surface area contributed by atoms with Crippen LogP contribution in [0.1, 0.15) is 18.1 Å². The number of ether oxygens (including phenoxy) is 2. The molecule has 24 heavy (non-hydrogen) atoms. The van der Waals surface area contributed by atoms with Crippen molar-refractivity contribution in [3.63, 3.8) is 0 Å². The first-order chi connectivity index (χ1) is 11.5. The number of halogens is 1. The van der Waals surface area contributed by atoms with Crippen LogP contribution in [0.25, 0.3) is 0 Å². The Kier molecular flexibility index (Phi) is 6.10. The van der Waals surface area contributed by atoms with Crippen molar-refractivity contribution in [2.24, 2.45) is 5.92 Å². The summed E-state index contributed by atoms with van der Waals surface area (Å²) < 4.78 is 10.5. The lowest BCUT2D eigenvalue weighted by Crippen LogP contribution is -2.22. The van der Waals surface area contributed by atoms with Crippen LogP contribution in [0.3, 0.4) is 0 Å². The van der Waals surface area contributed by atoms with Crippen molar-refractivity contribution >= 4 is 23.2 Å². The van der Waals surface area contributed by atoms with Crippen molar-refractivity contribution in [3.8, 4) is 11.5 Å². The molecule has 0 bridgehead atoms. The molecular weight excluding hydrogens is 326 g/mol. The second-order valence-electron chi connectivity index (χ2n) is 5.70. The fraction of sp³-hybridized carbons (Fsp3) is 0.316. The Hall–Kier alpha value is -2.20. The number of rotatable bonds is 6. The van der Waals surface area contributed by atoms with Crippen LogP contribution in [0.2, 0.25) is 5.02 Å². The molecule has 0 aliphatic rings. The van der Waals surface area contributed by atoms with Crippen molar-refractivity contribution in [2.45, 2.75) is 20.3 Å². The number of carbonyl (C=O) groups excluding carboxylic acids is 1. The number of methoxy groups -OCH3 is 2. The van der Waals surface area contributed by atoms with E-state index in [4.69, 9.17) is 21.1 Å². The molecule has 2 aromatic rings. The van der Waals surface area contributed by atoms with E-state index in [1.54, 1.807) is 20.3 Å². The maximum absolute atomic E-state index is 12.4. The molecule has 0 saturated heterocycles. The molecular formula is C19H22ClNO3. The molecule has 0 aliphatic heterocycles. The lowest BCUT2D eigenvalue weighted by molar-refractivity contribution is -0.119. The summed E-state index contributed by atoms with van der Waals surface area (Å²) >= 11 is 6.09. The van der Waals surface area contributed by atoms with Gasteiger partial charge in [0.05, 0.1) is 14.2 Å². The van der Waals surface area contributed by atoms with Crippen molar-refractivity contribution in [1.29, 1.82) is 0 Å². The molecule has 2 aromatic carbocycles. The number of hydrogen-bond donors (Lipinski definition) is 1. The van der Waals surface area contributed by atoms with Gasteiger partial charge in [-0.1, -0.05) is 30.7 Å². The number of nitrogens with one attached hydrogen (secondary N) is 1. The van der Waals surface area contributed by atoms with Crippen molar-refractivity contribution in [1.82, 2.24) is 0 Å². The van der Waals surface area contributed by atoms with Gasteiger partial charge in [-0.3, -0.25) is 4.79 Å². The lowest BCUT2D eigenvalue weighted by atomic mass is 9.99. The lowest BCUT2D eigenvalue weighted by Gasteiger charge is -2.15. The highest BCUT2D eigenvalue weighted by molar-refractivity contribution is 6.31. The van der Waals surface area contributed by atoms with E-state index in [0.29, 0.717) is 22.9 Å². The number of amides is 1. The van der Waals surface area contributed by atoms with Gasteiger partial charge in [-0.2, -0.15) is 0 Å². The molecule has 2 rings (SSSR count). The van der Waals surface area contributed by atoms with Crippen LogP contribution < -0.4 is 14.8 Å². The summed E-state index contributed by atoms with van der Waals surface area (Å²) in [5, 5.41) is 3.58. The first-order valence-corrected chi connectivity index (χ1v) is 8.11. The molecule has 4 nitrogen and oxygen atoms in total. The fourth-order valence-electron chi connectivity index (χ4n) is 2.45. The first kappa shape index (κ1) is 18.1. The normalized spacial score (nSPS) is 11.7. The summed E-state index contributed by atoms with van der Waals surface area (Å²) in [6.45, 7) is 3.78. The minimum Gasteiger partial charge on any atom is -0.493 e. The van der Waals surface area contributed by atoms with Crippen LogP contribution in [0, 0.1) is 12.8 Å². The zero-order valence-corrected chi connectivity index (χ0v) is 15.1. The van der Waals surface area contributed by atoms with E-state index < -0.39 is 0 Å². The van der Waals surface area contributed by atoms with Crippen LogP contribution in [-0.4, -0.2) is 20.1 Å². The van der Waals surface area contributed by atoms with Crippen LogP contribution in [0.5, 0.6) is 11.5 Å². The topological polar surface area (TPSA) is 47.6 Å². The highest BCUT2D eigenvalue weighted by Gasteiger charge is 2.16. The third-order valence-corrected chi connectivity index (χ3v) is 4.37. The molecule has 0 aromatic heterocycles. The van der Waals surface area contributed by atoms with Crippen LogP contribution in [0.15, 0.2) is 36.4 Å². The molecule has 0 heterocycles. The predicted molar refractivity (Wildman–Crippen MR) is 97.2 cm³/mol. The first-order valence-electron chi connectivity index (χ1n) is 7.73. The van der Waals surface area contributed by atoms with Crippen molar-refractivity contribution < 1.29 is 14.3 Å². The summed E-state index contributed by atoms with van der Waals surface area (Å²) in [5.74, 6) is 1.10. The minimum absolute atomic E-state index is 0.0462. The number of carbonyl (C=O) groups is 1. The molecule has 0 radical (unpaired) electrons. The SMILES string of the molecule is COc1ccc(CC(C)C(=O)Nc2cccc(Cl)c2C)cc1OC. The predicted octanol–water partition coefficient (Wildman–Crippen LogP) is 4.48. The smallest absolute Gasteiger partial charge is 0.227 e. The summed E-state index contributed by atoms with van der Waals surface area (Å²) in [6.07, 6.45) is 0.603. The highest BCUT2D eigenvalue weighted by atomic mass is 35.5. The second-order valence-corrected chi connectivity index (χ2v) is 6.10. The van der Waals surface area contributed by atoms with Gasteiger partial charge in [0.25, 0.3) is 0 Å². The zero-order valence-electron chi connectivity index (χ0n) is 14.4. The summed E-state index contributed by atoms with van der Waals surface area (Å²) in [4.78, 5) is 12.4. The Morgan fingerprint density at radius 1 is 1.17 bits per heavy atom. The Balaban J connectivity index is 2.07. The van der Waals surface area contributed by atoms with Crippen LogP contribution >= 0.6 is 11.6 Å². The van der Waals surface area contributed by atoms with Gasteiger partial charge in [0, 0.05) is 16.6 Å². The van der Waals surface area contributed by atoms with E-state index in [-0.39, 0.29) is 11.8 Å². The fourth-order valence-corrected chi connectivity index (χ4v) is 2.63. The third kappa shape index (κ3) is 4.20. The Bertz CT molecular complexity index is 731. The van der Waals surface area contributed by atoms with Gasteiger partial charge in [0.1, 0.15) is 0 Å².